The largest absolute Gasteiger partial charge is 0.481 e. The molecule has 0 unspecified atom stereocenters. The summed E-state index contributed by atoms with van der Waals surface area (Å²) >= 11 is 0. The Morgan fingerprint density at radius 3 is 2.59 bits per heavy atom. The summed E-state index contributed by atoms with van der Waals surface area (Å²) in [5.41, 5.74) is 0.0977. The summed E-state index contributed by atoms with van der Waals surface area (Å²) in [6.07, 6.45) is -0.812. The zero-order chi connectivity index (χ0) is 12.4. The highest BCUT2D eigenvalue weighted by molar-refractivity contribution is 6.45. The van der Waals surface area contributed by atoms with Crippen molar-refractivity contribution in [3.05, 3.63) is 23.8 Å². The summed E-state index contributed by atoms with van der Waals surface area (Å²) in [4.78, 5) is 33.1. The zero-order valence-corrected chi connectivity index (χ0v) is 8.63. The van der Waals surface area contributed by atoms with Crippen molar-refractivity contribution in [2.24, 2.45) is 0 Å². The van der Waals surface area contributed by atoms with Crippen LogP contribution in [0.1, 0.15) is 16.8 Å². The molecule has 0 bridgehead atoms. The third-order valence-corrected chi connectivity index (χ3v) is 2.20. The highest BCUT2D eigenvalue weighted by Gasteiger charge is 2.22. The Kier molecular flexibility index (Phi) is 2.78. The van der Waals surface area contributed by atoms with E-state index in [9.17, 15) is 14.4 Å². The van der Waals surface area contributed by atoms with E-state index in [1.54, 1.807) is 0 Å². The van der Waals surface area contributed by atoms with E-state index in [1.807, 2.05) is 0 Å². The van der Waals surface area contributed by atoms with Crippen LogP contribution in [0.25, 0.3) is 0 Å². The Morgan fingerprint density at radius 1 is 1.18 bits per heavy atom. The number of Topliss-reactive ketones (excluding diaryl/α,β-unsaturated/α-hetero) is 2. The van der Waals surface area contributed by atoms with E-state index in [2.05, 4.69) is 0 Å². The molecule has 0 fully saturated rings. The van der Waals surface area contributed by atoms with Crippen molar-refractivity contribution in [2.45, 2.75) is 6.42 Å². The molecule has 0 spiro atoms. The molecular weight excluding hydrogens is 228 g/mol. The summed E-state index contributed by atoms with van der Waals surface area (Å²) in [5.74, 6) is -2.27. The lowest BCUT2D eigenvalue weighted by Crippen LogP contribution is -2.17. The molecule has 1 aliphatic heterocycles. The van der Waals surface area contributed by atoms with Gasteiger partial charge >= 0.3 is 5.97 Å². The SMILES string of the molecule is O=C(O)CC(=O)C(=O)c1ccc2c(c1)OCO2. The second-order valence-corrected chi connectivity index (χ2v) is 3.39. The fourth-order valence-electron chi connectivity index (χ4n) is 1.42. The van der Waals surface area contributed by atoms with Crippen LogP contribution in [0.5, 0.6) is 11.5 Å². The monoisotopic (exact) mass is 236 g/mol. The molecule has 0 amide bonds. The molecule has 0 saturated heterocycles. The van der Waals surface area contributed by atoms with Gasteiger partial charge in [-0.3, -0.25) is 14.4 Å². The average Bonchev–Trinajstić information content (AvgIpc) is 2.73. The second-order valence-electron chi connectivity index (χ2n) is 3.39. The summed E-state index contributed by atoms with van der Waals surface area (Å²) in [6, 6.07) is 4.27. The Labute approximate surface area is 95.8 Å². The molecule has 1 aromatic carbocycles. The number of rotatable bonds is 4. The van der Waals surface area contributed by atoms with Crippen LogP contribution >= 0.6 is 0 Å². The van der Waals surface area contributed by atoms with Gasteiger partial charge in [0, 0.05) is 5.56 Å². The maximum Gasteiger partial charge on any atom is 0.311 e. The van der Waals surface area contributed by atoms with Crippen LogP contribution in [-0.4, -0.2) is 29.4 Å². The number of benzene rings is 1. The van der Waals surface area contributed by atoms with Crippen molar-refractivity contribution < 1.29 is 29.0 Å². The Bertz CT molecular complexity index is 505. The zero-order valence-electron chi connectivity index (χ0n) is 8.63. The lowest BCUT2D eigenvalue weighted by Gasteiger charge is -2.00. The van der Waals surface area contributed by atoms with Gasteiger partial charge in [-0.2, -0.15) is 0 Å². The predicted molar refractivity (Wildman–Crippen MR) is 54.2 cm³/mol. The van der Waals surface area contributed by atoms with Crippen LogP contribution < -0.4 is 9.47 Å². The van der Waals surface area contributed by atoms with E-state index in [0.717, 1.165) is 0 Å². The summed E-state index contributed by atoms with van der Waals surface area (Å²) in [6.45, 7) is 0.0655. The number of carbonyl (C=O) groups is 3. The molecule has 17 heavy (non-hydrogen) atoms. The Balaban J connectivity index is 2.20. The maximum absolute atomic E-state index is 11.6. The van der Waals surface area contributed by atoms with E-state index in [-0.39, 0.29) is 12.4 Å². The quantitative estimate of drug-likeness (QED) is 0.468. The van der Waals surface area contributed by atoms with E-state index >= 15 is 0 Å². The van der Waals surface area contributed by atoms with Crippen LogP contribution in [0, 0.1) is 0 Å². The van der Waals surface area contributed by atoms with Crippen LogP contribution in [0.15, 0.2) is 18.2 Å². The highest BCUT2D eigenvalue weighted by atomic mass is 16.7. The normalized spacial score (nSPS) is 12.2. The van der Waals surface area contributed by atoms with Crippen LogP contribution in [0.2, 0.25) is 0 Å². The molecule has 0 atom stereocenters. The molecule has 0 radical (unpaired) electrons. The number of ether oxygens (including phenoxy) is 2. The minimum absolute atomic E-state index is 0.0655. The van der Waals surface area contributed by atoms with E-state index in [0.29, 0.717) is 11.5 Å². The molecule has 6 nitrogen and oxygen atoms in total. The smallest absolute Gasteiger partial charge is 0.311 e. The van der Waals surface area contributed by atoms with Gasteiger partial charge in [0.1, 0.15) is 6.42 Å². The van der Waals surface area contributed by atoms with Gasteiger partial charge < -0.3 is 14.6 Å². The van der Waals surface area contributed by atoms with Gasteiger partial charge in [0.25, 0.3) is 0 Å². The van der Waals surface area contributed by atoms with E-state index in [4.69, 9.17) is 14.6 Å². The molecule has 0 saturated carbocycles. The molecule has 6 heteroatoms. The standard InChI is InChI=1S/C11H8O6/c12-7(4-10(13)14)11(15)6-1-2-8-9(3-6)17-5-16-8/h1-3H,4-5H2,(H,13,14). The Hall–Kier alpha value is -2.37. The molecule has 2 rings (SSSR count). The van der Waals surface area contributed by atoms with Gasteiger partial charge in [0.05, 0.1) is 0 Å². The Morgan fingerprint density at radius 2 is 1.88 bits per heavy atom. The minimum atomic E-state index is -1.33. The third kappa shape index (κ3) is 2.25. The first-order chi connectivity index (χ1) is 8.08. The predicted octanol–water partition coefficient (Wildman–Crippen LogP) is 0.642. The van der Waals surface area contributed by atoms with Crippen LogP contribution in [0.4, 0.5) is 0 Å². The van der Waals surface area contributed by atoms with Crippen molar-refractivity contribution in [1.29, 1.82) is 0 Å². The maximum atomic E-state index is 11.6. The highest BCUT2D eigenvalue weighted by Crippen LogP contribution is 2.32. The van der Waals surface area contributed by atoms with Gasteiger partial charge in [0.15, 0.2) is 11.5 Å². The lowest BCUT2D eigenvalue weighted by atomic mass is 10.1. The number of aliphatic carboxylic acids is 1. The minimum Gasteiger partial charge on any atom is -0.481 e. The molecule has 88 valence electrons. The molecule has 1 N–H and O–H groups in total. The van der Waals surface area contributed by atoms with Crippen LogP contribution in [-0.2, 0) is 9.59 Å². The fraction of sp³-hybridized carbons (Fsp3) is 0.182. The number of carboxylic acids is 1. The number of hydrogen-bond donors (Lipinski definition) is 1. The van der Waals surface area contributed by atoms with Crippen molar-refractivity contribution in [2.75, 3.05) is 6.79 Å². The first kappa shape index (κ1) is 11.1. The molecule has 0 aliphatic carbocycles. The third-order valence-electron chi connectivity index (χ3n) is 2.20. The fourth-order valence-corrected chi connectivity index (χ4v) is 1.42. The molecule has 1 aliphatic rings. The number of carboxylic acid groups (broad SMARTS) is 1. The summed E-state index contributed by atoms with van der Waals surface area (Å²) in [7, 11) is 0. The molecular formula is C11H8O6. The van der Waals surface area contributed by atoms with Crippen molar-refractivity contribution in [3.63, 3.8) is 0 Å². The topological polar surface area (TPSA) is 89.9 Å². The van der Waals surface area contributed by atoms with E-state index in [1.165, 1.54) is 18.2 Å². The first-order valence-corrected chi connectivity index (χ1v) is 4.77. The van der Waals surface area contributed by atoms with Crippen molar-refractivity contribution in [3.8, 4) is 11.5 Å². The van der Waals surface area contributed by atoms with E-state index < -0.39 is 24.0 Å². The summed E-state index contributed by atoms with van der Waals surface area (Å²) in [5, 5.41) is 8.42. The molecule has 1 aromatic rings. The number of hydrogen-bond acceptors (Lipinski definition) is 5. The first-order valence-electron chi connectivity index (χ1n) is 4.77. The number of carbonyl (C=O) groups excluding carboxylic acids is 2. The molecule has 1 heterocycles. The van der Waals surface area contributed by atoms with Crippen LogP contribution in [0.3, 0.4) is 0 Å². The summed E-state index contributed by atoms with van der Waals surface area (Å²) < 4.78 is 10.1. The second kappa shape index (κ2) is 4.25. The van der Waals surface area contributed by atoms with Crippen molar-refractivity contribution in [1.82, 2.24) is 0 Å². The van der Waals surface area contributed by atoms with Gasteiger partial charge in [-0.1, -0.05) is 0 Å². The van der Waals surface area contributed by atoms with Gasteiger partial charge in [0.2, 0.25) is 18.4 Å². The number of fused-ring (bicyclic) bond motifs is 1. The lowest BCUT2D eigenvalue weighted by molar-refractivity contribution is -0.139. The average molecular weight is 236 g/mol. The van der Waals surface area contributed by atoms with Gasteiger partial charge in [-0.25, -0.2) is 0 Å². The van der Waals surface area contributed by atoms with Gasteiger partial charge in [-0.15, -0.1) is 0 Å². The molecule has 0 aromatic heterocycles. The van der Waals surface area contributed by atoms with Crippen molar-refractivity contribution >= 4 is 17.5 Å². The van der Waals surface area contributed by atoms with Gasteiger partial charge in [-0.05, 0) is 18.2 Å². The number of ketones is 2.